The van der Waals surface area contributed by atoms with Gasteiger partial charge in [0, 0.05) is 56.1 Å². The number of piperazine rings is 1. The van der Waals surface area contributed by atoms with Crippen LogP contribution in [-0.2, 0) is 13.1 Å². The van der Waals surface area contributed by atoms with Crippen molar-refractivity contribution in [2.45, 2.75) is 13.1 Å². The largest absolute Gasteiger partial charge is 0.369 e. The Balaban J connectivity index is 1.33. The van der Waals surface area contributed by atoms with Gasteiger partial charge in [-0.2, -0.15) is 0 Å². The summed E-state index contributed by atoms with van der Waals surface area (Å²) < 4.78 is 0. The summed E-state index contributed by atoms with van der Waals surface area (Å²) >= 11 is 0. The minimum Gasteiger partial charge on any atom is -0.369 e. The Labute approximate surface area is 183 Å². The van der Waals surface area contributed by atoms with Gasteiger partial charge in [0.2, 0.25) is 0 Å². The Hall–Kier alpha value is -3.44. The van der Waals surface area contributed by atoms with Gasteiger partial charge >= 0.3 is 0 Å². The Bertz CT molecular complexity index is 1010. The molecule has 0 spiro atoms. The van der Waals surface area contributed by atoms with Gasteiger partial charge in [0.25, 0.3) is 5.91 Å². The average molecular weight is 414 g/mol. The molecule has 5 heteroatoms. The van der Waals surface area contributed by atoms with Crippen molar-refractivity contribution in [3.63, 3.8) is 0 Å². The summed E-state index contributed by atoms with van der Waals surface area (Å²) in [5.41, 5.74) is 4.78. The van der Waals surface area contributed by atoms with Crippen molar-refractivity contribution in [1.82, 2.24) is 10.2 Å². The van der Waals surface area contributed by atoms with Crippen molar-refractivity contribution in [2.24, 2.45) is 0 Å². The molecule has 1 amide bonds. The van der Waals surface area contributed by atoms with E-state index in [1.165, 1.54) is 11.3 Å². The monoisotopic (exact) mass is 413 g/mol. The quantitative estimate of drug-likeness (QED) is 0.600. The van der Waals surface area contributed by atoms with Crippen LogP contribution >= 0.6 is 0 Å². The summed E-state index contributed by atoms with van der Waals surface area (Å²) in [6.45, 7) is 5.41. The van der Waals surface area contributed by atoms with Crippen molar-refractivity contribution in [2.75, 3.05) is 31.1 Å². The van der Waals surface area contributed by atoms with E-state index in [2.05, 4.69) is 63.6 Å². The fraction of sp³-hybridized carbons (Fsp3) is 0.231. The molecule has 0 unspecified atom stereocenters. The molecular weight excluding hydrogens is 386 g/mol. The lowest BCUT2D eigenvalue weighted by Crippen LogP contribution is -2.46. The number of amides is 1. The molecule has 0 bridgehead atoms. The summed E-state index contributed by atoms with van der Waals surface area (Å²) in [5.74, 6) is -0.135. The highest BCUT2D eigenvalue weighted by atomic mass is 16.1. The third-order valence-electron chi connectivity index (χ3n) is 5.75. The number of para-hydroxylation sites is 1. The van der Waals surface area contributed by atoms with E-state index in [9.17, 15) is 9.59 Å². The summed E-state index contributed by atoms with van der Waals surface area (Å²) in [6, 6.07) is 25.5. The maximum absolute atomic E-state index is 12.5. The zero-order valence-corrected chi connectivity index (χ0v) is 17.5. The van der Waals surface area contributed by atoms with E-state index < -0.39 is 0 Å². The molecular formula is C26H27N3O2. The zero-order chi connectivity index (χ0) is 21.5. The number of hydrogen-bond acceptors (Lipinski definition) is 4. The number of carbonyl (C=O) groups is 2. The molecule has 3 aromatic rings. The number of rotatable bonds is 7. The number of nitrogens with one attached hydrogen (secondary N) is 1. The summed E-state index contributed by atoms with van der Waals surface area (Å²) in [5, 5.41) is 3.00. The Kier molecular flexibility index (Phi) is 6.75. The number of aldehydes is 1. The summed E-state index contributed by atoms with van der Waals surface area (Å²) in [7, 11) is 0. The van der Waals surface area contributed by atoms with E-state index in [1.54, 1.807) is 24.3 Å². The average Bonchev–Trinajstić information content (AvgIpc) is 2.84. The van der Waals surface area contributed by atoms with Gasteiger partial charge in [-0.15, -0.1) is 0 Å². The van der Waals surface area contributed by atoms with Gasteiger partial charge in [0.05, 0.1) is 0 Å². The van der Waals surface area contributed by atoms with E-state index in [0.717, 1.165) is 44.6 Å². The first kappa shape index (κ1) is 20.8. The predicted octanol–water partition coefficient (Wildman–Crippen LogP) is 3.75. The van der Waals surface area contributed by atoms with Crippen LogP contribution in [-0.4, -0.2) is 43.3 Å². The van der Waals surface area contributed by atoms with Crippen LogP contribution in [0.2, 0.25) is 0 Å². The predicted molar refractivity (Wildman–Crippen MR) is 123 cm³/mol. The van der Waals surface area contributed by atoms with E-state index >= 15 is 0 Å². The number of anilines is 1. The Morgan fingerprint density at radius 3 is 2.13 bits per heavy atom. The highest BCUT2D eigenvalue weighted by Gasteiger charge is 2.18. The number of carbonyl (C=O) groups excluding carboxylic acids is 2. The van der Waals surface area contributed by atoms with Crippen LogP contribution in [0.5, 0.6) is 0 Å². The third kappa shape index (κ3) is 5.38. The molecule has 31 heavy (non-hydrogen) atoms. The molecule has 4 rings (SSSR count). The van der Waals surface area contributed by atoms with Crippen LogP contribution in [0.4, 0.5) is 5.69 Å². The van der Waals surface area contributed by atoms with Gasteiger partial charge in [-0.1, -0.05) is 54.6 Å². The molecule has 0 aliphatic carbocycles. The summed E-state index contributed by atoms with van der Waals surface area (Å²) in [4.78, 5) is 28.2. The fourth-order valence-electron chi connectivity index (χ4n) is 3.92. The highest BCUT2D eigenvalue weighted by molar-refractivity contribution is 5.94. The number of hydrogen-bond donors (Lipinski definition) is 1. The van der Waals surface area contributed by atoms with Crippen LogP contribution < -0.4 is 10.2 Å². The van der Waals surface area contributed by atoms with Gasteiger partial charge in [0.1, 0.15) is 6.29 Å². The molecule has 0 saturated carbocycles. The van der Waals surface area contributed by atoms with Crippen molar-refractivity contribution in [3.8, 4) is 0 Å². The van der Waals surface area contributed by atoms with E-state index in [1.807, 2.05) is 6.07 Å². The maximum atomic E-state index is 12.5. The second-order valence-electron chi connectivity index (χ2n) is 7.79. The molecule has 1 fully saturated rings. The second kappa shape index (κ2) is 10.0. The van der Waals surface area contributed by atoms with Crippen molar-refractivity contribution >= 4 is 17.9 Å². The second-order valence-corrected chi connectivity index (χ2v) is 7.79. The maximum Gasteiger partial charge on any atom is 0.251 e. The number of nitrogens with zero attached hydrogens (tertiary/aromatic N) is 2. The van der Waals surface area contributed by atoms with Crippen LogP contribution in [0.15, 0.2) is 78.9 Å². The lowest BCUT2D eigenvalue weighted by atomic mass is 10.1. The molecule has 1 N–H and O–H groups in total. The van der Waals surface area contributed by atoms with Gasteiger partial charge in [-0.05, 0) is 35.4 Å². The van der Waals surface area contributed by atoms with E-state index in [4.69, 9.17) is 0 Å². The zero-order valence-electron chi connectivity index (χ0n) is 17.5. The van der Waals surface area contributed by atoms with Crippen LogP contribution in [0.25, 0.3) is 0 Å². The fourth-order valence-corrected chi connectivity index (χ4v) is 3.92. The van der Waals surface area contributed by atoms with Gasteiger partial charge in [-0.3, -0.25) is 14.5 Å². The van der Waals surface area contributed by atoms with Crippen molar-refractivity contribution in [3.05, 3.63) is 101 Å². The molecule has 158 valence electrons. The molecule has 1 saturated heterocycles. The molecule has 0 aromatic heterocycles. The summed E-state index contributed by atoms with van der Waals surface area (Å²) in [6.07, 6.45) is 0.775. The van der Waals surface area contributed by atoms with Crippen molar-refractivity contribution in [1.29, 1.82) is 0 Å². The topological polar surface area (TPSA) is 52.7 Å². The normalized spacial score (nSPS) is 14.3. The SMILES string of the molecule is O=Cc1ccc(C(=O)NCc2ccccc2CN2CCN(c3ccccc3)CC2)cc1. The van der Waals surface area contributed by atoms with E-state index in [-0.39, 0.29) is 5.91 Å². The van der Waals surface area contributed by atoms with Crippen LogP contribution in [0.3, 0.4) is 0 Å². The number of benzene rings is 3. The Morgan fingerprint density at radius 1 is 0.806 bits per heavy atom. The molecule has 0 radical (unpaired) electrons. The van der Waals surface area contributed by atoms with Crippen LogP contribution in [0, 0.1) is 0 Å². The first-order valence-electron chi connectivity index (χ1n) is 10.7. The molecule has 1 aliphatic rings. The lowest BCUT2D eigenvalue weighted by molar-refractivity contribution is 0.0950. The van der Waals surface area contributed by atoms with Gasteiger partial charge < -0.3 is 10.2 Å². The first-order chi connectivity index (χ1) is 15.2. The molecule has 1 heterocycles. The standard InChI is InChI=1S/C26H27N3O2/c30-20-21-10-12-22(13-11-21)26(31)27-18-23-6-4-5-7-24(23)19-28-14-16-29(17-15-28)25-8-2-1-3-9-25/h1-13,20H,14-19H2,(H,27,31). The third-order valence-corrected chi connectivity index (χ3v) is 5.75. The lowest BCUT2D eigenvalue weighted by Gasteiger charge is -2.36. The molecule has 5 nitrogen and oxygen atoms in total. The van der Waals surface area contributed by atoms with Crippen LogP contribution in [0.1, 0.15) is 31.8 Å². The molecule has 0 atom stereocenters. The van der Waals surface area contributed by atoms with Gasteiger partial charge in [-0.25, -0.2) is 0 Å². The van der Waals surface area contributed by atoms with Gasteiger partial charge in [0.15, 0.2) is 0 Å². The first-order valence-corrected chi connectivity index (χ1v) is 10.7. The Morgan fingerprint density at radius 2 is 1.45 bits per heavy atom. The minimum absolute atomic E-state index is 0.135. The minimum atomic E-state index is -0.135. The molecule has 1 aliphatic heterocycles. The van der Waals surface area contributed by atoms with E-state index in [0.29, 0.717) is 17.7 Å². The smallest absolute Gasteiger partial charge is 0.251 e. The molecule has 3 aromatic carbocycles. The highest BCUT2D eigenvalue weighted by Crippen LogP contribution is 2.18. The van der Waals surface area contributed by atoms with Crippen molar-refractivity contribution < 1.29 is 9.59 Å².